The molecule has 0 aliphatic carbocycles. The molecule has 0 amide bonds. The van der Waals surface area contributed by atoms with Crippen molar-refractivity contribution in [2.75, 3.05) is 0 Å². The Morgan fingerprint density at radius 1 is 0.741 bits per heavy atom. The third kappa shape index (κ3) is 6.32. The van der Waals surface area contributed by atoms with E-state index in [-0.39, 0.29) is 28.2 Å². The Morgan fingerprint density at radius 3 is 1.37 bits per heavy atom. The molecule has 152 valence electrons. The van der Waals surface area contributed by atoms with E-state index in [1.54, 1.807) is 0 Å². The standard InChI is InChI=1S/C21H32O4S2/c1-17(2)24-19(22)9-11-21(26-13-5-6-14-26,27-15-7-8-16-27)12-10-20(23)25-18(3)4/h5-8,13-18,26-27H,9-12H2,1-4H3. The second kappa shape index (κ2) is 10.2. The normalized spacial score (nSPS) is 18.1. The molecule has 6 heteroatoms. The monoisotopic (exact) mass is 412 g/mol. The molecule has 0 fully saturated rings. The van der Waals surface area contributed by atoms with E-state index in [9.17, 15) is 9.59 Å². The highest BCUT2D eigenvalue weighted by Gasteiger charge is 2.40. The molecule has 0 N–H and O–H groups in total. The van der Waals surface area contributed by atoms with Crippen molar-refractivity contribution in [3.63, 3.8) is 0 Å². The van der Waals surface area contributed by atoms with Gasteiger partial charge in [0, 0.05) is 16.9 Å². The van der Waals surface area contributed by atoms with Crippen molar-refractivity contribution in [3.8, 4) is 0 Å². The van der Waals surface area contributed by atoms with Gasteiger partial charge in [-0.05, 0) is 62.2 Å². The van der Waals surface area contributed by atoms with Gasteiger partial charge in [0.25, 0.3) is 0 Å². The number of carbonyl (C=O) groups excluding carboxylic acids is 2. The van der Waals surface area contributed by atoms with E-state index in [2.05, 4.69) is 45.9 Å². The van der Waals surface area contributed by atoms with Crippen LogP contribution in [0.5, 0.6) is 0 Å². The summed E-state index contributed by atoms with van der Waals surface area (Å²) in [4.78, 5) is 24.5. The van der Waals surface area contributed by atoms with Crippen molar-refractivity contribution in [3.05, 3.63) is 45.9 Å². The molecule has 27 heavy (non-hydrogen) atoms. The summed E-state index contributed by atoms with van der Waals surface area (Å²) >= 11 is 0. The van der Waals surface area contributed by atoms with Gasteiger partial charge < -0.3 is 9.47 Å². The number of hydrogen-bond donors (Lipinski definition) is 2. The molecule has 0 aromatic heterocycles. The summed E-state index contributed by atoms with van der Waals surface area (Å²) in [6.45, 7) is 7.47. The van der Waals surface area contributed by atoms with Gasteiger partial charge in [-0.3, -0.25) is 9.59 Å². The maximum Gasteiger partial charge on any atom is 0.306 e. The third-order valence-corrected chi connectivity index (χ3v) is 10.5. The average Bonchev–Trinajstić information content (AvgIpc) is 3.28. The van der Waals surface area contributed by atoms with Crippen LogP contribution >= 0.6 is 21.8 Å². The molecule has 0 aromatic rings. The van der Waals surface area contributed by atoms with Crippen LogP contribution in [0.2, 0.25) is 0 Å². The van der Waals surface area contributed by atoms with Crippen molar-refractivity contribution < 1.29 is 19.1 Å². The van der Waals surface area contributed by atoms with Crippen LogP contribution in [0.4, 0.5) is 0 Å². The number of thiol groups is 2. The fourth-order valence-electron chi connectivity index (χ4n) is 3.25. The molecule has 0 radical (unpaired) electrons. The molecular formula is C21H32O4S2. The smallest absolute Gasteiger partial charge is 0.306 e. The molecule has 0 saturated carbocycles. The molecule has 0 atom stereocenters. The third-order valence-electron chi connectivity index (χ3n) is 4.36. The zero-order valence-electron chi connectivity index (χ0n) is 16.6. The number of ether oxygens (including phenoxy) is 2. The zero-order valence-corrected chi connectivity index (χ0v) is 18.4. The fourth-order valence-corrected chi connectivity index (χ4v) is 9.04. The summed E-state index contributed by atoms with van der Waals surface area (Å²) in [5.74, 6) is -0.327. The summed E-state index contributed by atoms with van der Waals surface area (Å²) in [5.41, 5.74) is 0. The molecule has 2 aliphatic rings. The molecule has 0 saturated heterocycles. The number of rotatable bonds is 10. The van der Waals surface area contributed by atoms with Gasteiger partial charge in [0.1, 0.15) is 0 Å². The van der Waals surface area contributed by atoms with Crippen LogP contribution in [0.1, 0.15) is 53.4 Å². The van der Waals surface area contributed by atoms with Gasteiger partial charge in [-0.2, -0.15) is 21.8 Å². The quantitative estimate of drug-likeness (QED) is 0.381. The van der Waals surface area contributed by atoms with Gasteiger partial charge in [-0.1, -0.05) is 24.3 Å². The molecule has 0 spiro atoms. The fraction of sp³-hybridized carbons (Fsp3) is 0.524. The average molecular weight is 413 g/mol. The lowest BCUT2D eigenvalue weighted by molar-refractivity contribution is -0.147. The van der Waals surface area contributed by atoms with Crippen LogP contribution in [0.15, 0.2) is 45.9 Å². The first-order valence-corrected chi connectivity index (χ1v) is 12.5. The van der Waals surface area contributed by atoms with E-state index in [4.69, 9.17) is 9.47 Å². The summed E-state index contributed by atoms with van der Waals surface area (Å²) in [5, 5.41) is 9.00. The summed E-state index contributed by atoms with van der Waals surface area (Å²) < 4.78 is 10.6. The van der Waals surface area contributed by atoms with E-state index < -0.39 is 21.8 Å². The van der Waals surface area contributed by atoms with Crippen molar-refractivity contribution in [1.29, 1.82) is 0 Å². The Bertz CT molecular complexity index is 567. The highest BCUT2D eigenvalue weighted by atomic mass is 32.3. The first kappa shape index (κ1) is 21.9. The predicted molar refractivity (Wildman–Crippen MR) is 118 cm³/mol. The summed E-state index contributed by atoms with van der Waals surface area (Å²) in [6.07, 6.45) is 10.3. The Kier molecular flexibility index (Phi) is 8.29. The Labute approximate surface area is 168 Å². The Hall–Kier alpha value is -1.40. The number of carbonyl (C=O) groups is 2. The topological polar surface area (TPSA) is 52.6 Å². The summed E-state index contributed by atoms with van der Waals surface area (Å²) in [7, 11) is -1.11. The Balaban J connectivity index is 2.20. The van der Waals surface area contributed by atoms with Crippen LogP contribution < -0.4 is 0 Å². The largest absolute Gasteiger partial charge is 0.463 e. The van der Waals surface area contributed by atoms with Crippen LogP contribution in [-0.2, 0) is 19.1 Å². The van der Waals surface area contributed by atoms with Crippen LogP contribution in [-0.4, -0.2) is 28.2 Å². The highest BCUT2D eigenvalue weighted by Crippen LogP contribution is 2.66. The lowest BCUT2D eigenvalue weighted by Gasteiger charge is -2.45. The minimum Gasteiger partial charge on any atom is -0.463 e. The van der Waals surface area contributed by atoms with E-state index >= 15 is 0 Å². The van der Waals surface area contributed by atoms with Crippen molar-refractivity contribution in [2.24, 2.45) is 0 Å². The molecule has 2 heterocycles. The first-order chi connectivity index (χ1) is 12.8. The SMILES string of the molecule is CC(C)OC(=O)CCC(CCC(=O)OC(C)C)([SH]1C=CC=C1)[SH]1C=CC=C1. The maximum atomic E-state index is 12.2. The minimum atomic E-state index is -0.556. The van der Waals surface area contributed by atoms with Gasteiger partial charge in [0.2, 0.25) is 0 Å². The van der Waals surface area contributed by atoms with Gasteiger partial charge in [-0.25, -0.2) is 0 Å². The van der Waals surface area contributed by atoms with E-state index in [1.165, 1.54) is 0 Å². The van der Waals surface area contributed by atoms with E-state index in [0.29, 0.717) is 25.7 Å². The second-order valence-electron chi connectivity index (χ2n) is 7.24. The van der Waals surface area contributed by atoms with E-state index in [1.807, 2.05) is 27.7 Å². The van der Waals surface area contributed by atoms with Crippen molar-refractivity contribution in [2.45, 2.75) is 69.7 Å². The number of hydrogen-bond acceptors (Lipinski definition) is 4. The van der Waals surface area contributed by atoms with Gasteiger partial charge in [0.05, 0.1) is 12.2 Å². The van der Waals surface area contributed by atoms with Crippen molar-refractivity contribution in [1.82, 2.24) is 0 Å². The van der Waals surface area contributed by atoms with Crippen LogP contribution in [0.25, 0.3) is 0 Å². The second-order valence-corrected chi connectivity index (χ2v) is 12.1. The lowest BCUT2D eigenvalue weighted by atomic mass is 10.1. The highest BCUT2D eigenvalue weighted by molar-refractivity contribution is 8.39. The van der Waals surface area contributed by atoms with E-state index in [0.717, 1.165) is 0 Å². The number of allylic oxidation sites excluding steroid dienone is 4. The minimum absolute atomic E-state index is 0.109. The predicted octanol–water partition coefficient (Wildman–Crippen LogP) is 5.23. The lowest BCUT2D eigenvalue weighted by Crippen LogP contribution is -2.29. The Morgan fingerprint density at radius 2 is 1.07 bits per heavy atom. The van der Waals surface area contributed by atoms with Crippen LogP contribution in [0.3, 0.4) is 0 Å². The molecule has 0 unspecified atom stereocenters. The maximum absolute atomic E-state index is 12.2. The van der Waals surface area contributed by atoms with Crippen LogP contribution in [0, 0.1) is 0 Å². The molecule has 0 aromatic carbocycles. The molecule has 2 aliphatic heterocycles. The van der Waals surface area contributed by atoms with Gasteiger partial charge >= 0.3 is 11.9 Å². The molecule has 4 nitrogen and oxygen atoms in total. The van der Waals surface area contributed by atoms with Gasteiger partial charge in [-0.15, -0.1) is 0 Å². The molecular weight excluding hydrogens is 380 g/mol. The van der Waals surface area contributed by atoms with Crippen molar-refractivity contribution >= 4 is 33.7 Å². The van der Waals surface area contributed by atoms with Gasteiger partial charge in [0.15, 0.2) is 0 Å². The summed E-state index contributed by atoms with van der Waals surface area (Å²) in [6, 6.07) is 0. The molecule has 2 rings (SSSR count). The zero-order chi connectivity index (χ0) is 19.9. The first-order valence-electron chi connectivity index (χ1n) is 9.49. The number of esters is 2. The molecule has 0 bridgehead atoms.